The second-order valence-electron chi connectivity index (χ2n) is 6.18. The van der Waals surface area contributed by atoms with E-state index in [1.165, 1.54) is 0 Å². The zero-order valence-electron chi connectivity index (χ0n) is 15.3. The molecule has 0 fully saturated rings. The summed E-state index contributed by atoms with van der Waals surface area (Å²) in [6.45, 7) is 6.43. The van der Waals surface area contributed by atoms with Crippen molar-refractivity contribution in [3.8, 4) is 0 Å². The van der Waals surface area contributed by atoms with E-state index in [9.17, 15) is 9.59 Å². The van der Waals surface area contributed by atoms with Gasteiger partial charge in [0.25, 0.3) is 5.91 Å². The van der Waals surface area contributed by atoms with Gasteiger partial charge in [-0.25, -0.2) is 0 Å². The molecular formula is C19H28N4O2. The maximum absolute atomic E-state index is 12.7. The quantitative estimate of drug-likeness (QED) is 0.825. The lowest BCUT2D eigenvalue weighted by atomic mass is 10.1. The molecule has 0 radical (unpaired) electrons. The number of carbonyl (C=O) groups excluding carboxylic acids is 2. The van der Waals surface area contributed by atoms with Crippen LogP contribution in [0.4, 0.5) is 0 Å². The topological polar surface area (TPSA) is 65.9 Å². The SMILES string of the molecule is CCCCC1=NCCN(C(=O)c2cccnc2)CCCC(=O)N1CC. The van der Waals surface area contributed by atoms with E-state index >= 15 is 0 Å². The lowest BCUT2D eigenvalue weighted by Gasteiger charge is -2.27. The van der Waals surface area contributed by atoms with Gasteiger partial charge < -0.3 is 9.80 Å². The second-order valence-corrected chi connectivity index (χ2v) is 6.18. The van der Waals surface area contributed by atoms with Gasteiger partial charge in [-0.2, -0.15) is 0 Å². The number of nitrogens with zero attached hydrogens (tertiary/aromatic N) is 4. The molecule has 0 atom stereocenters. The lowest BCUT2D eigenvalue weighted by molar-refractivity contribution is -0.127. The van der Waals surface area contributed by atoms with Crippen LogP contribution in [0.5, 0.6) is 0 Å². The zero-order valence-corrected chi connectivity index (χ0v) is 15.3. The first-order chi connectivity index (χ1) is 12.2. The molecule has 0 unspecified atom stereocenters. The van der Waals surface area contributed by atoms with Crippen molar-refractivity contribution < 1.29 is 9.59 Å². The summed E-state index contributed by atoms with van der Waals surface area (Å²) >= 11 is 0. The Morgan fingerprint density at radius 2 is 2.12 bits per heavy atom. The van der Waals surface area contributed by atoms with Gasteiger partial charge in [-0.3, -0.25) is 19.6 Å². The van der Waals surface area contributed by atoms with Gasteiger partial charge in [0.15, 0.2) is 0 Å². The minimum absolute atomic E-state index is 0.0428. The van der Waals surface area contributed by atoms with E-state index in [2.05, 4.69) is 16.9 Å². The third-order valence-corrected chi connectivity index (χ3v) is 4.36. The maximum Gasteiger partial charge on any atom is 0.255 e. The van der Waals surface area contributed by atoms with E-state index in [4.69, 9.17) is 0 Å². The number of unbranched alkanes of at least 4 members (excludes halogenated alkanes) is 1. The number of aliphatic imine (C=N–C) groups is 1. The summed E-state index contributed by atoms with van der Waals surface area (Å²) in [5, 5.41) is 0. The molecule has 1 aliphatic rings. The molecule has 2 rings (SSSR count). The molecule has 0 saturated carbocycles. The van der Waals surface area contributed by atoms with Crippen molar-refractivity contribution in [3.05, 3.63) is 30.1 Å². The molecule has 25 heavy (non-hydrogen) atoms. The first kappa shape index (κ1) is 19.1. The molecule has 0 spiro atoms. The Kier molecular flexibility index (Phi) is 7.57. The Hall–Kier alpha value is -2.24. The highest BCUT2D eigenvalue weighted by Gasteiger charge is 2.21. The van der Waals surface area contributed by atoms with Gasteiger partial charge in [-0.1, -0.05) is 13.3 Å². The van der Waals surface area contributed by atoms with E-state index in [1.54, 1.807) is 29.4 Å². The Balaban J connectivity index is 2.14. The number of hydrogen-bond donors (Lipinski definition) is 0. The third-order valence-electron chi connectivity index (χ3n) is 4.36. The molecular weight excluding hydrogens is 316 g/mol. The van der Waals surface area contributed by atoms with Crippen molar-refractivity contribution in [1.82, 2.24) is 14.8 Å². The van der Waals surface area contributed by atoms with Crippen LogP contribution in [0.2, 0.25) is 0 Å². The summed E-state index contributed by atoms with van der Waals surface area (Å²) in [4.78, 5) is 37.5. The molecule has 2 amide bonds. The van der Waals surface area contributed by atoms with E-state index < -0.39 is 0 Å². The van der Waals surface area contributed by atoms with Crippen LogP contribution < -0.4 is 0 Å². The van der Waals surface area contributed by atoms with Gasteiger partial charge in [0, 0.05) is 44.9 Å². The van der Waals surface area contributed by atoms with Crippen molar-refractivity contribution in [2.75, 3.05) is 26.2 Å². The molecule has 1 aromatic heterocycles. The van der Waals surface area contributed by atoms with Gasteiger partial charge >= 0.3 is 0 Å². The fraction of sp³-hybridized carbons (Fsp3) is 0.579. The molecule has 0 bridgehead atoms. The largest absolute Gasteiger partial charge is 0.337 e. The molecule has 0 aromatic carbocycles. The molecule has 1 aliphatic heterocycles. The summed E-state index contributed by atoms with van der Waals surface area (Å²) in [5.74, 6) is 0.928. The maximum atomic E-state index is 12.7. The number of pyridine rings is 1. The highest BCUT2D eigenvalue weighted by molar-refractivity contribution is 5.98. The lowest BCUT2D eigenvalue weighted by Crippen LogP contribution is -2.40. The van der Waals surface area contributed by atoms with Crippen LogP contribution in [0.25, 0.3) is 0 Å². The minimum Gasteiger partial charge on any atom is -0.337 e. The number of rotatable bonds is 5. The summed E-state index contributed by atoms with van der Waals surface area (Å²) in [5.41, 5.74) is 0.580. The Bertz CT molecular complexity index is 601. The molecule has 0 saturated heterocycles. The van der Waals surface area contributed by atoms with Crippen molar-refractivity contribution >= 4 is 17.6 Å². The third kappa shape index (κ3) is 5.37. The first-order valence-electron chi connectivity index (χ1n) is 9.20. The Morgan fingerprint density at radius 1 is 1.28 bits per heavy atom. The van der Waals surface area contributed by atoms with Gasteiger partial charge in [-0.15, -0.1) is 0 Å². The highest BCUT2D eigenvalue weighted by atomic mass is 16.2. The first-order valence-corrected chi connectivity index (χ1v) is 9.20. The molecule has 1 aromatic rings. The predicted molar refractivity (Wildman–Crippen MR) is 98.6 cm³/mol. The monoisotopic (exact) mass is 344 g/mol. The number of hydrogen-bond acceptors (Lipinski definition) is 4. The van der Waals surface area contributed by atoms with E-state index in [0.29, 0.717) is 44.6 Å². The van der Waals surface area contributed by atoms with Crippen LogP contribution in [0.3, 0.4) is 0 Å². The van der Waals surface area contributed by atoms with Gasteiger partial charge in [-0.05, 0) is 31.9 Å². The van der Waals surface area contributed by atoms with Crippen molar-refractivity contribution in [2.45, 2.75) is 46.0 Å². The van der Waals surface area contributed by atoms with E-state index in [0.717, 1.165) is 25.1 Å². The van der Waals surface area contributed by atoms with Crippen LogP contribution in [0, 0.1) is 0 Å². The van der Waals surface area contributed by atoms with E-state index in [1.807, 2.05) is 11.8 Å². The molecule has 2 heterocycles. The summed E-state index contributed by atoms with van der Waals surface area (Å²) in [7, 11) is 0. The minimum atomic E-state index is -0.0428. The standard InChI is InChI=1S/C19H28N4O2/c1-3-5-9-17-21-12-14-22(13-7-10-18(24)23(17)4-2)19(25)16-8-6-11-20-15-16/h6,8,11,15H,3-5,7,9-10,12-14H2,1-2H3. The smallest absolute Gasteiger partial charge is 0.255 e. The number of carbonyl (C=O) groups is 2. The molecule has 136 valence electrons. The fourth-order valence-corrected chi connectivity index (χ4v) is 2.98. The van der Waals surface area contributed by atoms with Crippen molar-refractivity contribution in [1.29, 1.82) is 0 Å². The fourth-order valence-electron chi connectivity index (χ4n) is 2.98. The normalized spacial score (nSPS) is 16.6. The number of aromatic nitrogens is 1. The second kappa shape index (κ2) is 9.91. The summed E-state index contributed by atoms with van der Waals surface area (Å²) in [6, 6.07) is 3.53. The average molecular weight is 344 g/mol. The molecule has 0 aliphatic carbocycles. The summed E-state index contributed by atoms with van der Waals surface area (Å²) in [6.07, 6.45) is 7.24. The average Bonchev–Trinajstić information content (AvgIpc) is 2.64. The Labute approximate surface area is 149 Å². The van der Waals surface area contributed by atoms with Gasteiger partial charge in [0.05, 0.1) is 12.1 Å². The Morgan fingerprint density at radius 3 is 2.80 bits per heavy atom. The van der Waals surface area contributed by atoms with Crippen LogP contribution in [-0.4, -0.2) is 58.6 Å². The van der Waals surface area contributed by atoms with Crippen LogP contribution >= 0.6 is 0 Å². The van der Waals surface area contributed by atoms with Crippen molar-refractivity contribution in [3.63, 3.8) is 0 Å². The number of amidine groups is 1. The van der Waals surface area contributed by atoms with E-state index in [-0.39, 0.29) is 11.8 Å². The molecule has 6 heteroatoms. The summed E-state index contributed by atoms with van der Waals surface area (Å²) < 4.78 is 0. The van der Waals surface area contributed by atoms with Crippen LogP contribution in [0.15, 0.2) is 29.5 Å². The number of amides is 2. The molecule has 6 nitrogen and oxygen atoms in total. The predicted octanol–water partition coefficient (Wildman–Crippen LogP) is 2.75. The van der Waals surface area contributed by atoms with Gasteiger partial charge in [0.2, 0.25) is 5.91 Å². The van der Waals surface area contributed by atoms with Crippen LogP contribution in [-0.2, 0) is 4.79 Å². The van der Waals surface area contributed by atoms with Crippen LogP contribution in [0.1, 0.15) is 56.3 Å². The molecule has 0 N–H and O–H groups in total. The zero-order chi connectivity index (χ0) is 18.1. The van der Waals surface area contributed by atoms with Crippen molar-refractivity contribution in [2.24, 2.45) is 4.99 Å². The van der Waals surface area contributed by atoms with Gasteiger partial charge in [0.1, 0.15) is 5.84 Å². The highest BCUT2D eigenvalue weighted by Crippen LogP contribution is 2.11.